The number of amides is 1. The van der Waals surface area contributed by atoms with Crippen LogP contribution >= 0.6 is 0 Å². The second kappa shape index (κ2) is 8.08. The van der Waals surface area contributed by atoms with Gasteiger partial charge >= 0.3 is 0 Å². The molecular formula is C20H17F3N4O. The summed E-state index contributed by atoms with van der Waals surface area (Å²) in [5, 5.41) is 5.24. The molecular weight excluding hydrogens is 369 g/mol. The molecule has 0 unspecified atom stereocenters. The van der Waals surface area contributed by atoms with E-state index >= 15 is 0 Å². The normalized spacial score (nSPS) is 10.6. The van der Waals surface area contributed by atoms with Crippen LogP contribution in [0.25, 0.3) is 0 Å². The summed E-state index contributed by atoms with van der Waals surface area (Å²) in [4.78, 5) is 20.5. The van der Waals surface area contributed by atoms with Gasteiger partial charge in [0.25, 0.3) is 5.91 Å². The van der Waals surface area contributed by atoms with Gasteiger partial charge in [0.05, 0.1) is 5.69 Å². The van der Waals surface area contributed by atoms with Crippen LogP contribution in [-0.4, -0.2) is 15.9 Å². The highest BCUT2D eigenvalue weighted by Crippen LogP contribution is 2.22. The lowest BCUT2D eigenvalue weighted by molar-refractivity contribution is 0.0945. The first-order valence-corrected chi connectivity index (χ1v) is 8.44. The van der Waals surface area contributed by atoms with Crippen LogP contribution in [0.2, 0.25) is 0 Å². The van der Waals surface area contributed by atoms with Gasteiger partial charge in [-0.15, -0.1) is 0 Å². The topological polar surface area (TPSA) is 66.9 Å². The van der Waals surface area contributed by atoms with Crippen molar-refractivity contribution in [3.8, 4) is 0 Å². The molecule has 0 saturated carbocycles. The van der Waals surface area contributed by atoms with Gasteiger partial charge in [0, 0.05) is 12.2 Å². The van der Waals surface area contributed by atoms with E-state index < -0.39 is 23.4 Å². The van der Waals surface area contributed by atoms with Crippen LogP contribution in [-0.2, 0) is 6.54 Å². The van der Waals surface area contributed by atoms with Crippen molar-refractivity contribution in [3.05, 3.63) is 82.4 Å². The largest absolute Gasteiger partial charge is 0.347 e. The van der Waals surface area contributed by atoms with Crippen molar-refractivity contribution in [1.82, 2.24) is 15.3 Å². The van der Waals surface area contributed by atoms with Crippen molar-refractivity contribution in [2.24, 2.45) is 0 Å². The summed E-state index contributed by atoms with van der Waals surface area (Å²) >= 11 is 0. The minimum Gasteiger partial charge on any atom is -0.347 e. The molecule has 0 radical (unpaired) electrons. The summed E-state index contributed by atoms with van der Waals surface area (Å²) in [5.74, 6) is -4.84. The molecule has 3 rings (SSSR count). The van der Waals surface area contributed by atoms with Crippen molar-refractivity contribution < 1.29 is 18.0 Å². The van der Waals surface area contributed by atoms with Gasteiger partial charge in [-0.05, 0) is 43.2 Å². The Hall–Kier alpha value is -3.42. The number of benzene rings is 2. The second-order valence-electron chi connectivity index (χ2n) is 6.18. The standard InChI is InChI=1S/C20H17F3N4O/c1-11-5-3-4-6-13(11)10-24-19(28)16-9-12(2)25-20(27-16)26-15-8-7-14(21)17(22)18(15)23/h3-9H,10H2,1-2H3,(H,24,28)(H,25,26,27). The Bertz CT molecular complexity index is 1040. The molecule has 144 valence electrons. The van der Waals surface area contributed by atoms with Crippen molar-refractivity contribution in [1.29, 1.82) is 0 Å². The number of carbonyl (C=O) groups is 1. The molecule has 2 N–H and O–H groups in total. The predicted molar refractivity (Wildman–Crippen MR) is 98.7 cm³/mol. The van der Waals surface area contributed by atoms with Gasteiger partial charge in [0.2, 0.25) is 5.95 Å². The fourth-order valence-electron chi connectivity index (χ4n) is 2.56. The van der Waals surface area contributed by atoms with E-state index in [9.17, 15) is 18.0 Å². The minimum atomic E-state index is -1.60. The Kier molecular flexibility index (Phi) is 5.58. The number of aryl methyl sites for hydroxylation is 2. The first-order valence-electron chi connectivity index (χ1n) is 8.44. The van der Waals surface area contributed by atoms with Crippen LogP contribution in [0.5, 0.6) is 0 Å². The van der Waals surface area contributed by atoms with Gasteiger partial charge in [-0.25, -0.2) is 23.1 Å². The lowest BCUT2D eigenvalue weighted by Gasteiger charge is -2.11. The van der Waals surface area contributed by atoms with Crippen molar-refractivity contribution in [2.75, 3.05) is 5.32 Å². The third-order valence-corrected chi connectivity index (χ3v) is 4.07. The predicted octanol–water partition coefficient (Wildman–Crippen LogP) is 4.18. The maximum absolute atomic E-state index is 13.8. The van der Waals surface area contributed by atoms with Gasteiger partial charge in [0.15, 0.2) is 17.5 Å². The zero-order chi connectivity index (χ0) is 20.3. The monoisotopic (exact) mass is 386 g/mol. The fraction of sp³-hybridized carbons (Fsp3) is 0.150. The fourth-order valence-corrected chi connectivity index (χ4v) is 2.56. The Labute approximate surface area is 159 Å². The van der Waals surface area contributed by atoms with E-state index in [1.807, 2.05) is 31.2 Å². The van der Waals surface area contributed by atoms with E-state index in [1.165, 1.54) is 6.07 Å². The van der Waals surface area contributed by atoms with Gasteiger partial charge in [0.1, 0.15) is 5.69 Å². The van der Waals surface area contributed by atoms with E-state index in [4.69, 9.17) is 0 Å². The van der Waals surface area contributed by atoms with E-state index in [0.29, 0.717) is 12.2 Å². The zero-order valence-corrected chi connectivity index (χ0v) is 15.2. The number of anilines is 2. The Morgan fingerprint density at radius 1 is 1.00 bits per heavy atom. The summed E-state index contributed by atoms with van der Waals surface area (Å²) in [7, 11) is 0. The molecule has 0 aliphatic carbocycles. The summed E-state index contributed by atoms with van der Waals surface area (Å²) in [6.07, 6.45) is 0. The van der Waals surface area contributed by atoms with Crippen LogP contribution in [0.1, 0.15) is 27.3 Å². The highest BCUT2D eigenvalue weighted by molar-refractivity contribution is 5.92. The van der Waals surface area contributed by atoms with Crippen LogP contribution in [0.15, 0.2) is 42.5 Å². The SMILES string of the molecule is Cc1cc(C(=O)NCc2ccccc2C)nc(Nc2ccc(F)c(F)c2F)n1. The first-order chi connectivity index (χ1) is 13.3. The molecule has 0 saturated heterocycles. The number of halogens is 3. The third-order valence-electron chi connectivity index (χ3n) is 4.07. The number of nitrogens with zero attached hydrogens (tertiary/aromatic N) is 2. The molecule has 5 nitrogen and oxygen atoms in total. The quantitative estimate of drug-likeness (QED) is 0.646. The van der Waals surface area contributed by atoms with Crippen molar-refractivity contribution in [3.63, 3.8) is 0 Å². The Balaban J connectivity index is 1.78. The molecule has 0 fully saturated rings. The highest BCUT2D eigenvalue weighted by Gasteiger charge is 2.16. The van der Waals surface area contributed by atoms with Gasteiger partial charge < -0.3 is 10.6 Å². The molecule has 8 heteroatoms. The summed E-state index contributed by atoms with van der Waals surface area (Å²) in [5.41, 5.74) is 2.17. The number of hydrogen-bond donors (Lipinski definition) is 2. The van der Waals surface area contributed by atoms with Gasteiger partial charge in [-0.3, -0.25) is 4.79 Å². The number of carbonyl (C=O) groups excluding carboxylic acids is 1. The Morgan fingerprint density at radius 3 is 2.50 bits per heavy atom. The maximum Gasteiger partial charge on any atom is 0.270 e. The molecule has 0 aliphatic heterocycles. The average molecular weight is 386 g/mol. The molecule has 0 spiro atoms. The molecule has 0 aliphatic rings. The smallest absolute Gasteiger partial charge is 0.270 e. The molecule has 1 aromatic heterocycles. The van der Waals surface area contributed by atoms with Crippen LogP contribution in [0.3, 0.4) is 0 Å². The molecule has 3 aromatic rings. The van der Waals surface area contributed by atoms with Crippen molar-refractivity contribution >= 4 is 17.5 Å². The third kappa shape index (κ3) is 4.28. The molecule has 2 aromatic carbocycles. The van der Waals surface area contributed by atoms with Crippen LogP contribution < -0.4 is 10.6 Å². The van der Waals surface area contributed by atoms with E-state index in [2.05, 4.69) is 20.6 Å². The summed E-state index contributed by atoms with van der Waals surface area (Å²) < 4.78 is 40.3. The first kappa shape index (κ1) is 19.3. The maximum atomic E-state index is 13.8. The second-order valence-corrected chi connectivity index (χ2v) is 6.18. The Morgan fingerprint density at radius 2 is 1.75 bits per heavy atom. The molecule has 1 amide bonds. The minimum absolute atomic E-state index is 0.0616. The van der Waals surface area contributed by atoms with E-state index in [-0.39, 0.29) is 17.3 Å². The molecule has 1 heterocycles. The van der Waals surface area contributed by atoms with E-state index in [1.54, 1.807) is 6.92 Å². The number of aromatic nitrogens is 2. The zero-order valence-electron chi connectivity index (χ0n) is 15.2. The van der Waals surface area contributed by atoms with Gasteiger partial charge in [-0.1, -0.05) is 24.3 Å². The van der Waals surface area contributed by atoms with Crippen LogP contribution in [0.4, 0.5) is 24.8 Å². The molecule has 0 bridgehead atoms. The number of rotatable bonds is 5. The number of nitrogens with one attached hydrogen (secondary N) is 2. The lowest BCUT2D eigenvalue weighted by Crippen LogP contribution is -2.24. The van der Waals surface area contributed by atoms with Crippen molar-refractivity contribution in [2.45, 2.75) is 20.4 Å². The molecule has 28 heavy (non-hydrogen) atoms. The average Bonchev–Trinajstić information content (AvgIpc) is 2.67. The molecule has 0 atom stereocenters. The summed E-state index contributed by atoms with van der Waals surface area (Å²) in [6.45, 7) is 3.89. The number of hydrogen-bond acceptors (Lipinski definition) is 4. The van der Waals surface area contributed by atoms with Crippen LogP contribution in [0, 0.1) is 31.3 Å². The van der Waals surface area contributed by atoms with E-state index in [0.717, 1.165) is 23.3 Å². The van der Waals surface area contributed by atoms with Gasteiger partial charge in [-0.2, -0.15) is 0 Å². The highest BCUT2D eigenvalue weighted by atomic mass is 19.2. The summed E-state index contributed by atoms with van der Waals surface area (Å²) in [6, 6.07) is 10.9. The lowest BCUT2D eigenvalue weighted by atomic mass is 10.1.